The van der Waals surface area contributed by atoms with Crippen LogP contribution in [0.1, 0.15) is 5.56 Å². The number of urea groups is 1. The summed E-state index contributed by atoms with van der Waals surface area (Å²) in [4.78, 5) is 23.6. The van der Waals surface area contributed by atoms with Crippen LogP contribution in [0.25, 0.3) is 0 Å². The fourth-order valence-electron chi connectivity index (χ4n) is 3.43. The Labute approximate surface area is 197 Å². The molecule has 3 aromatic rings. The van der Waals surface area contributed by atoms with Gasteiger partial charge in [0.15, 0.2) is 0 Å². The molecule has 0 aromatic heterocycles. The van der Waals surface area contributed by atoms with E-state index < -0.39 is 28.0 Å². The van der Waals surface area contributed by atoms with E-state index in [-0.39, 0.29) is 18.0 Å². The van der Waals surface area contributed by atoms with Crippen molar-refractivity contribution in [1.29, 1.82) is 0 Å². The van der Waals surface area contributed by atoms with Crippen molar-refractivity contribution in [2.24, 2.45) is 0 Å². The standard InChI is InChI=1S/C24H23N3O6S/c1-32-18-7-9-19(10-8-18)33-20-11-13-21(14-12-20)34(30,31)27(15-17-5-3-2-4-6-17)16-22-23(28)26-24(29)25-22/h2-14,22H,15-16H2,1H3,(H2,25,26,28,29)/t22-/m0/s1. The summed E-state index contributed by atoms with van der Waals surface area (Å²) in [6.07, 6.45) is 0. The molecule has 10 heteroatoms. The second kappa shape index (κ2) is 9.94. The molecule has 9 nitrogen and oxygen atoms in total. The molecule has 1 aliphatic heterocycles. The summed E-state index contributed by atoms with van der Waals surface area (Å²) in [5, 5.41) is 4.58. The van der Waals surface area contributed by atoms with Crippen LogP contribution in [0.3, 0.4) is 0 Å². The fourth-order valence-corrected chi connectivity index (χ4v) is 4.88. The van der Waals surface area contributed by atoms with Gasteiger partial charge in [0, 0.05) is 13.1 Å². The summed E-state index contributed by atoms with van der Waals surface area (Å²) in [7, 11) is -2.42. The minimum Gasteiger partial charge on any atom is -0.497 e. The Kier molecular flexibility index (Phi) is 6.80. The first kappa shape index (κ1) is 23.3. The number of rotatable bonds is 9. The lowest BCUT2D eigenvalue weighted by atomic mass is 10.2. The average Bonchev–Trinajstić information content (AvgIpc) is 3.16. The average molecular weight is 482 g/mol. The second-order valence-corrected chi connectivity index (χ2v) is 9.49. The Morgan fingerprint density at radius 2 is 1.44 bits per heavy atom. The number of sulfonamides is 1. The van der Waals surface area contributed by atoms with Gasteiger partial charge in [-0.25, -0.2) is 13.2 Å². The highest BCUT2D eigenvalue weighted by Crippen LogP contribution is 2.26. The van der Waals surface area contributed by atoms with E-state index in [1.807, 2.05) is 6.07 Å². The van der Waals surface area contributed by atoms with Gasteiger partial charge in [-0.1, -0.05) is 30.3 Å². The monoisotopic (exact) mass is 481 g/mol. The van der Waals surface area contributed by atoms with Crippen molar-refractivity contribution in [1.82, 2.24) is 14.9 Å². The summed E-state index contributed by atoms with van der Waals surface area (Å²) < 4.78 is 39.0. The Morgan fingerprint density at radius 3 is 2.00 bits per heavy atom. The molecule has 0 radical (unpaired) electrons. The summed E-state index contributed by atoms with van der Waals surface area (Å²) >= 11 is 0. The first-order valence-electron chi connectivity index (χ1n) is 10.4. The van der Waals surface area contributed by atoms with Crippen LogP contribution in [0.5, 0.6) is 17.2 Å². The number of carbonyl (C=O) groups excluding carboxylic acids is 2. The molecular weight excluding hydrogens is 458 g/mol. The molecule has 0 aliphatic carbocycles. The number of benzene rings is 3. The van der Waals surface area contributed by atoms with Crippen molar-refractivity contribution in [2.75, 3.05) is 13.7 Å². The number of hydrogen-bond donors (Lipinski definition) is 2. The van der Waals surface area contributed by atoms with E-state index in [1.165, 1.54) is 16.4 Å². The van der Waals surface area contributed by atoms with Gasteiger partial charge in [0.05, 0.1) is 12.0 Å². The first-order valence-corrected chi connectivity index (χ1v) is 11.9. The maximum absolute atomic E-state index is 13.5. The van der Waals surface area contributed by atoms with Crippen molar-refractivity contribution < 1.29 is 27.5 Å². The van der Waals surface area contributed by atoms with E-state index in [2.05, 4.69) is 10.6 Å². The van der Waals surface area contributed by atoms with Crippen LogP contribution in [0.2, 0.25) is 0 Å². The lowest BCUT2D eigenvalue weighted by Crippen LogP contribution is -2.44. The number of carbonyl (C=O) groups is 2. The highest BCUT2D eigenvalue weighted by atomic mass is 32.2. The number of imide groups is 1. The third-order valence-corrected chi connectivity index (χ3v) is 7.03. The molecule has 1 fully saturated rings. The smallest absolute Gasteiger partial charge is 0.322 e. The SMILES string of the molecule is COc1ccc(Oc2ccc(S(=O)(=O)N(Cc3ccccc3)C[C@@H]3NC(=O)NC3=O)cc2)cc1. The van der Waals surface area contributed by atoms with Gasteiger partial charge in [-0.15, -0.1) is 0 Å². The van der Waals surface area contributed by atoms with Crippen LogP contribution in [0.15, 0.2) is 83.8 Å². The Balaban J connectivity index is 1.55. The maximum Gasteiger partial charge on any atom is 0.322 e. The molecule has 2 N–H and O–H groups in total. The van der Waals surface area contributed by atoms with Gasteiger partial charge >= 0.3 is 6.03 Å². The predicted octanol–water partition coefficient (Wildman–Crippen LogP) is 2.89. The van der Waals surface area contributed by atoms with Crippen LogP contribution in [0.4, 0.5) is 4.79 Å². The predicted molar refractivity (Wildman–Crippen MR) is 124 cm³/mol. The van der Waals surface area contributed by atoms with E-state index in [0.717, 1.165) is 5.56 Å². The highest BCUT2D eigenvalue weighted by Gasteiger charge is 2.35. The number of nitrogens with one attached hydrogen (secondary N) is 2. The van der Waals surface area contributed by atoms with Crippen LogP contribution < -0.4 is 20.1 Å². The van der Waals surface area contributed by atoms with Gasteiger partial charge < -0.3 is 14.8 Å². The van der Waals surface area contributed by atoms with Gasteiger partial charge in [0.1, 0.15) is 23.3 Å². The van der Waals surface area contributed by atoms with E-state index >= 15 is 0 Å². The van der Waals surface area contributed by atoms with Gasteiger partial charge in [0.2, 0.25) is 10.0 Å². The zero-order valence-electron chi connectivity index (χ0n) is 18.3. The van der Waals surface area contributed by atoms with Crippen molar-refractivity contribution in [3.63, 3.8) is 0 Å². The van der Waals surface area contributed by atoms with Crippen LogP contribution in [-0.2, 0) is 21.4 Å². The topological polar surface area (TPSA) is 114 Å². The minimum atomic E-state index is -4.00. The van der Waals surface area contributed by atoms with E-state index in [9.17, 15) is 18.0 Å². The lowest BCUT2D eigenvalue weighted by molar-refractivity contribution is -0.120. The van der Waals surface area contributed by atoms with Gasteiger partial charge in [0.25, 0.3) is 5.91 Å². The number of nitrogens with zero attached hydrogens (tertiary/aromatic N) is 1. The Bertz CT molecular complexity index is 1260. The molecule has 1 aliphatic rings. The zero-order valence-corrected chi connectivity index (χ0v) is 19.1. The van der Waals surface area contributed by atoms with Crippen LogP contribution >= 0.6 is 0 Å². The normalized spacial score (nSPS) is 15.6. The molecule has 0 spiro atoms. The van der Waals surface area contributed by atoms with Gasteiger partial charge in [-0.3, -0.25) is 10.1 Å². The second-order valence-electron chi connectivity index (χ2n) is 7.55. The number of ether oxygens (including phenoxy) is 2. The number of amides is 3. The molecule has 1 heterocycles. The first-order chi connectivity index (χ1) is 16.3. The molecular formula is C24H23N3O6S. The van der Waals surface area contributed by atoms with E-state index in [4.69, 9.17) is 9.47 Å². The van der Waals surface area contributed by atoms with Crippen molar-refractivity contribution in [2.45, 2.75) is 17.5 Å². The third kappa shape index (κ3) is 5.36. The molecule has 3 aromatic carbocycles. The van der Waals surface area contributed by atoms with Crippen molar-refractivity contribution >= 4 is 22.0 Å². The fraction of sp³-hybridized carbons (Fsp3) is 0.167. The molecule has 3 amide bonds. The van der Waals surface area contributed by atoms with Crippen LogP contribution in [0, 0.1) is 0 Å². The molecule has 0 saturated carbocycles. The van der Waals surface area contributed by atoms with Gasteiger partial charge in [-0.05, 0) is 54.1 Å². The van der Waals surface area contributed by atoms with Crippen molar-refractivity contribution in [3.05, 3.63) is 84.4 Å². The molecule has 1 atom stereocenters. The molecule has 0 bridgehead atoms. The summed E-state index contributed by atoms with van der Waals surface area (Å²) in [5.41, 5.74) is 0.746. The Hall–Kier alpha value is -3.89. The highest BCUT2D eigenvalue weighted by molar-refractivity contribution is 7.89. The molecule has 34 heavy (non-hydrogen) atoms. The lowest BCUT2D eigenvalue weighted by Gasteiger charge is -2.24. The zero-order chi connectivity index (χ0) is 24.1. The Morgan fingerprint density at radius 1 is 0.853 bits per heavy atom. The van der Waals surface area contributed by atoms with Crippen molar-refractivity contribution in [3.8, 4) is 17.2 Å². The quantitative estimate of drug-likeness (QED) is 0.455. The van der Waals surface area contributed by atoms with Crippen LogP contribution in [-0.4, -0.2) is 44.4 Å². The maximum atomic E-state index is 13.5. The number of methoxy groups -OCH3 is 1. The molecule has 1 saturated heterocycles. The summed E-state index contributed by atoms with van der Waals surface area (Å²) in [6, 6.07) is 20.4. The minimum absolute atomic E-state index is 0.0346. The third-order valence-electron chi connectivity index (χ3n) is 5.20. The summed E-state index contributed by atoms with van der Waals surface area (Å²) in [5.74, 6) is 1.16. The van der Waals surface area contributed by atoms with E-state index in [0.29, 0.717) is 17.2 Å². The molecule has 176 valence electrons. The molecule has 0 unspecified atom stereocenters. The van der Waals surface area contributed by atoms with Gasteiger partial charge in [-0.2, -0.15) is 4.31 Å². The largest absolute Gasteiger partial charge is 0.497 e. The molecule has 4 rings (SSSR count). The number of hydrogen-bond acceptors (Lipinski definition) is 6. The van der Waals surface area contributed by atoms with E-state index in [1.54, 1.807) is 67.8 Å². The summed E-state index contributed by atoms with van der Waals surface area (Å²) in [6.45, 7) is -0.175.